The number of rotatable bonds is 1. The fourth-order valence-electron chi connectivity index (χ4n) is 2.46. The Morgan fingerprint density at radius 2 is 1.83 bits per heavy atom. The molecule has 0 aliphatic carbocycles. The Labute approximate surface area is 105 Å². The van der Waals surface area contributed by atoms with Crippen molar-refractivity contribution in [1.29, 1.82) is 0 Å². The molecule has 0 amide bonds. The highest BCUT2D eigenvalue weighted by atomic mass is 16.5. The molecule has 1 N–H and O–H groups in total. The lowest BCUT2D eigenvalue weighted by atomic mass is 9.85. The van der Waals surface area contributed by atoms with E-state index < -0.39 is 11.9 Å². The van der Waals surface area contributed by atoms with E-state index in [4.69, 9.17) is 4.74 Å². The number of fused-ring (bicyclic) bond motifs is 2. The van der Waals surface area contributed by atoms with Crippen molar-refractivity contribution in [3.8, 4) is 11.5 Å². The third-order valence-electron chi connectivity index (χ3n) is 3.27. The van der Waals surface area contributed by atoms with Crippen molar-refractivity contribution in [2.75, 3.05) is 0 Å². The maximum Gasteiger partial charge on any atom is 0.315 e. The van der Waals surface area contributed by atoms with Gasteiger partial charge < -0.3 is 9.84 Å². The molecular formula is C15H12O3. The molecule has 90 valence electrons. The molecule has 2 aromatic carbocycles. The first kappa shape index (κ1) is 10.8. The monoisotopic (exact) mass is 240 g/mol. The van der Waals surface area contributed by atoms with E-state index in [1.165, 1.54) is 0 Å². The van der Waals surface area contributed by atoms with Gasteiger partial charge in [0.2, 0.25) is 0 Å². The molecule has 1 atom stereocenters. The SMILES string of the molecule is Cc1cccc2c1C(C(=O)O)c1ccccc1O2. The molecule has 0 saturated heterocycles. The van der Waals surface area contributed by atoms with E-state index in [2.05, 4.69) is 0 Å². The normalized spacial score (nSPS) is 16.4. The summed E-state index contributed by atoms with van der Waals surface area (Å²) in [6.45, 7) is 1.91. The maximum atomic E-state index is 11.6. The van der Waals surface area contributed by atoms with Crippen LogP contribution >= 0.6 is 0 Å². The second-order valence-electron chi connectivity index (χ2n) is 4.40. The zero-order chi connectivity index (χ0) is 12.7. The highest BCUT2D eigenvalue weighted by Crippen LogP contribution is 2.45. The molecule has 1 unspecified atom stereocenters. The van der Waals surface area contributed by atoms with Gasteiger partial charge in [-0.05, 0) is 24.6 Å². The Kier molecular flexibility index (Phi) is 2.33. The zero-order valence-corrected chi connectivity index (χ0v) is 9.88. The fraction of sp³-hybridized carbons (Fsp3) is 0.133. The van der Waals surface area contributed by atoms with Gasteiger partial charge in [0.1, 0.15) is 17.4 Å². The van der Waals surface area contributed by atoms with Crippen molar-refractivity contribution in [2.45, 2.75) is 12.8 Å². The lowest BCUT2D eigenvalue weighted by Gasteiger charge is -2.26. The van der Waals surface area contributed by atoms with Crippen molar-refractivity contribution in [3.63, 3.8) is 0 Å². The second kappa shape index (κ2) is 3.88. The predicted molar refractivity (Wildman–Crippen MR) is 67.2 cm³/mol. The number of hydrogen-bond acceptors (Lipinski definition) is 2. The molecule has 3 rings (SSSR count). The molecule has 1 aliphatic rings. The Bertz CT molecular complexity index is 631. The summed E-state index contributed by atoms with van der Waals surface area (Å²) in [4.78, 5) is 11.6. The lowest BCUT2D eigenvalue weighted by molar-refractivity contribution is -0.137. The Hall–Kier alpha value is -2.29. The minimum absolute atomic E-state index is 0.628. The molecule has 0 fully saturated rings. The number of aryl methyl sites for hydroxylation is 1. The fourth-order valence-corrected chi connectivity index (χ4v) is 2.46. The molecule has 0 spiro atoms. The topological polar surface area (TPSA) is 46.5 Å². The maximum absolute atomic E-state index is 11.6. The lowest BCUT2D eigenvalue weighted by Crippen LogP contribution is -2.19. The summed E-state index contributed by atoms with van der Waals surface area (Å²) in [5.74, 6) is -0.225. The number of hydrogen-bond donors (Lipinski definition) is 1. The third-order valence-corrected chi connectivity index (χ3v) is 3.27. The van der Waals surface area contributed by atoms with Crippen molar-refractivity contribution in [2.24, 2.45) is 0 Å². The van der Waals surface area contributed by atoms with E-state index in [1.807, 2.05) is 43.3 Å². The highest BCUT2D eigenvalue weighted by Gasteiger charge is 2.33. The molecule has 1 heterocycles. The van der Waals surface area contributed by atoms with Gasteiger partial charge in [-0.1, -0.05) is 30.3 Å². The van der Waals surface area contributed by atoms with Crippen LogP contribution in [0.25, 0.3) is 0 Å². The van der Waals surface area contributed by atoms with Crippen molar-refractivity contribution in [1.82, 2.24) is 0 Å². The Balaban J connectivity index is 2.28. The summed E-state index contributed by atoms with van der Waals surface area (Å²) in [5, 5.41) is 9.50. The van der Waals surface area contributed by atoms with E-state index >= 15 is 0 Å². The van der Waals surface area contributed by atoms with E-state index in [-0.39, 0.29) is 0 Å². The highest BCUT2D eigenvalue weighted by molar-refractivity contribution is 5.84. The standard InChI is InChI=1S/C15H12O3/c1-9-5-4-8-12-13(9)14(15(16)17)10-6-2-3-7-11(10)18-12/h2-8,14H,1H3,(H,16,17). The van der Waals surface area contributed by atoms with Gasteiger partial charge >= 0.3 is 5.97 Å². The first-order valence-corrected chi connectivity index (χ1v) is 5.77. The third kappa shape index (κ3) is 1.48. The number of para-hydroxylation sites is 1. The van der Waals surface area contributed by atoms with Gasteiger partial charge in [-0.2, -0.15) is 0 Å². The summed E-state index contributed by atoms with van der Waals surface area (Å²) in [7, 11) is 0. The van der Waals surface area contributed by atoms with Crippen LogP contribution in [0.5, 0.6) is 11.5 Å². The van der Waals surface area contributed by atoms with E-state index in [0.717, 1.165) is 11.1 Å². The van der Waals surface area contributed by atoms with Crippen LogP contribution in [-0.2, 0) is 4.79 Å². The average Bonchev–Trinajstić information content (AvgIpc) is 2.36. The number of benzene rings is 2. The van der Waals surface area contributed by atoms with Crippen LogP contribution in [0.4, 0.5) is 0 Å². The van der Waals surface area contributed by atoms with Crippen LogP contribution in [0.15, 0.2) is 42.5 Å². The molecule has 0 bridgehead atoms. The minimum atomic E-state index is -0.846. The quantitative estimate of drug-likeness (QED) is 0.831. The zero-order valence-electron chi connectivity index (χ0n) is 9.88. The van der Waals surface area contributed by atoms with Crippen molar-refractivity contribution >= 4 is 5.97 Å². The molecule has 0 aromatic heterocycles. The largest absolute Gasteiger partial charge is 0.481 e. The molecule has 2 aromatic rings. The van der Waals surface area contributed by atoms with Gasteiger partial charge in [0.15, 0.2) is 0 Å². The summed E-state index contributed by atoms with van der Waals surface area (Å²) in [5.41, 5.74) is 2.41. The smallest absolute Gasteiger partial charge is 0.315 e. The van der Waals surface area contributed by atoms with Gasteiger partial charge in [-0.3, -0.25) is 4.79 Å². The minimum Gasteiger partial charge on any atom is -0.481 e. The first-order chi connectivity index (χ1) is 8.68. The van der Waals surface area contributed by atoms with Crippen molar-refractivity contribution < 1.29 is 14.6 Å². The summed E-state index contributed by atoms with van der Waals surface area (Å²) in [6, 6.07) is 12.9. The van der Waals surface area contributed by atoms with Crippen LogP contribution in [0.3, 0.4) is 0 Å². The molecule has 1 aliphatic heterocycles. The molecule has 3 heteroatoms. The van der Waals surface area contributed by atoms with E-state index in [0.29, 0.717) is 17.1 Å². The predicted octanol–water partition coefficient (Wildman–Crippen LogP) is 3.32. The Morgan fingerprint density at radius 3 is 2.61 bits per heavy atom. The van der Waals surface area contributed by atoms with Crippen LogP contribution < -0.4 is 4.74 Å². The number of carboxylic acids is 1. The molecular weight excluding hydrogens is 228 g/mol. The Morgan fingerprint density at radius 1 is 1.11 bits per heavy atom. The molecule has 0 radical (unpaired) electrons. The van der Waals surface area contributed by atoms with Gasteiger partial charge in [-0.25, -0.2) is 0 Å². The first-order valence-electron chi connectivity index (χ1n) is 5.77. The second-order valence-corrected chi connectivity index (χ2v) is 4.40. The van der Waals surface area contributed by atoms with E-state index in [1.54, 1.807) is 6.07 Å². The van der Waals surface area contributed by atoms with Gasteiger partial charge in [0.05, 0.1) is 0 Å². The van der Waals surface area contributed by atoms with E-state index in [9.17, 15) is 9.90 Å². The molecule has 3 nitrogen and oxygen atoms in total. The van der Waals surface area contributed by atoms with Gasteiger partial charge in [0, 0.05) is 11.1 Å². The average molecular weight is 240 g/mol. The van der Waals surface area contributed by atoms with Gasteiger partial charge in [0.25, 0.3) is 0 Å². The number of carbonyl (C=O) groups is 1. The molecule has 18 heavy (non-hydrogen) atoms. The summed E-state index contributed by atoms with van der Waals surface area (Å²) >= 11 is 0. The van der Waals surface area contributed by atoms with Crippen LogP contribution in [0, 0.1) is 6.92 Å². The molecule has 0 saturated carbocycles. The number of aliphatic carboxylic acids is 1. The van der Waals surface area contributed by atoms with Crippen molar-refractivity contribution in [3.05, 3.63) is 59.2 Å². The summed E-state index contributed by atoms with van der Waals surface area (Å²) in [6.07, 6.45) is 0. The van der Waals surface area contributed by atoms with Crippen LogP contribution in [0.1, 0.15) is 22.6 Å². The number of carboxylic acid groups (broad SMARTS) is 1. The van der Waals surface area contributed by atoms with Crippen LogP contribution in [0.2, 0.25) is 0 Å². The van der Waals surface area contributed by atoms with Crippen LogP contribution in [-0.4, -0.2) is 11.1 Å². The summed E-state index contributed by atoms with van der Waals surface area (Å²) < 4.78 is 5.78. The van der Waals surface area contributed by atoms with Gasteiger partial charge in [-0.15, -0.1) is 0 Å². The number of ether oxygens (including phenoxy) is 1.